The lowest BCUT2D eigenvalue weighted by molar-refractivity contribution is -0.153. The van der Waals surface area contributed by atoms with Gasteiger partial charge in [0.2, 0.25) is 17.7 Å². The van der Waals surface area contributed by atoms with Gasteiger partial charge in [0.1, 0.15) is 0 Å². The third-order valence-corrected chi connectivity index (χ3v) is 5.99. The van der Waals surface area contributed by atoms with Crippen LogP contribution in [0.2, 0.25) is 0 Å². The zero-order valence-electron chi connectivity index (χ0n) is 17.5. The summed E-state index contributed by atoms with van der Waals surface area (Å²) >= 11 is 1.39. The fourth-order valence-electron chi connectivity index (χ4n) is 2.63. The van der Waals surface area contributed by atoms with E-state index < -0.39 is 11.0 Å². The molecule has 7 heteroatoms. The maximum Gasteiger partial charge on any atom is 0.243 e. The molecule has 6 nitrogen and oxygen atoms in total. The maximum absolute atomic E-state index is 12.6. The Bertz CT molecular complexity index is 504. The number of carbonyl (C=O) groups excluding carboxylic acids is 3. The van der Waals surface area contributed by atoms with E-state index in [1.54, 1.807) is 34.6 Å². The van der Waals surface area contributed by atoms with Crippen LogP contribution in [0.1, 0.15) is 61.3 Å². The van der Waals surface area contributed by atoms with Crippen LogP contribution in [0.4, 0.5) is 0 Å². The summed E-state index contributed by atoms with van der Waals surface area (Å²) in [6.07, 6.45) is 2.95. The Morgan fingerprint density at radius 3 is 2.19 bits per heavy atom. The van der Waals surface area contributed by atoms with Crippen LogP contribution in [0, 0.1) is 11.3 Å². The van der Waals surface area contributed by atoms with Gasteiger partial charge in [-0.1, -0.05) is 13.8 Å². The van der Waals surface area contributed by atoms with Gasteiger partial charge in [-0.05, 0) is 53.2 Å². The van der Waals surface area contributed by atoms with E-state index in [1.807, 2.05) is 6.26 Å². The molecule has 1 rings (SSSR count). The molecule has 0 aromatic heterocycles. The van der Waals surface area contributed by atoms with Gasteiger partial charge < -0.3 is 10.4 Å². The van der Waals surface area contributed by atoms with E-state index in [4.69, 9.17) is 5.11 Å². The molecule has 26 heavy (non-hydrogen) atoms. The number of imide groups is 1. The van der Waals surface area contributed by atoms with Crippen molar-refractivity contribution in [3.8, 4) is 0 Å². The van der Waals surface area contributed by atoms with Crippen molar-refractivity contribution in [2.45, 2.75) is 72.1 Å². The number of likely N-dealkylation sites (tertiary alicyclic amines) is 1. The van der Waals surface area contributed by atoms with E-state index in [9.17, 15) is 14.4 Å². The van der Waals surface area contributed by atoms with Crippen LogP contribution in [-0.4, -0.2) is 57.9 Å². The Morgan fingerprint density at radius 2 is 1.81 bits per heavy atom. The molecule has 0 aromatic carbocycles. The van der Waals surface area contributed by atoms with Gasteiger partial charge in [-0.3, -0.25) is 19.3 Å². The minimum atomic E-state index is -0.881. The van der Waals surface area contributed by atoms with Gasteiger partial charge in [-0.2, -0.15) is 11.8 Å². The lowest BCUT2D eigenvalue weighted by Crippen LogP contribution is -2.61. The first kappa shape index (κ1) is 24.9. The van der Waals surface area contributed by atoms with E-state index in [0.29, 0.717) is 12.5 Å². The molecule has 0 bridgehead atoms. The van der Waals surface area contributed by atoms with Crippen molar-refractivity contribution in [3.05, 3.63) is 0 Å². The molecule has 1 aliphatic rings. The highest BCUT2D eigenvalue weighted by atomic mass is 32.2. The zero-order chi connectivity index (χ0) is 20.7. The summed E-state index contributed by atoms with van der Waals surface area (Å²) in [5.41, 5.74) is -1.75. The molecule has 2 N–H and O–H groups in total. The average Bonchev–Trinajstić information content (AvgIpc) is 2.81. The van der Waals surface area contributed by atoms with Gasteiger partial charge in [-0.25, -0.2) is 0 Å². The molecule has 0 spiro atoms. The SMILES string of the molecule is CCO.CSC1CC(=O)N(C(C)(C)C(C)(C)C(=O)NCCC(C)C)C1=O. The molecule has 1 aliphatic heterocycles. The number of carbonyl (C=O) groups is 3. The monoisotopic (exact) mass is 388 g/mol. The van der Waals surface area contributed by atoms with Crippen molar-refractivity contribution < 1.29 is 19.5 Å². The Morgan fingerprint density at radius 1 is 1.31 bits per heavy atom. The molecular formula is C19H36N2O4S. The number of nitrogens with one attached hydrogen (secondary N) is 1. The fraction of sp³-hybridized carbons (Fsp3) is 0.842. The van der Waals surface area contributed by atoms with Crippen molar-refractivity contribution in [1.82, 2.24) is 10.2 Å². The molecule has 0 radical (unpaired) electrons. The predicted molar refractivity (Wildman–Crippen MR) is 107 cm³/mol. The third kappa shape index (κ3) is 5.71. The van der Waals surface area contributed by atoms with E-state index >= 15 is 0 Å². The van der Waals surface area contributed by atoms with E-state index in [-0.39, 0.29) is 36.0 Å². The van der Waals surface area contributed by atoms with E-state index in [0.717, 1.165) is 6.42 Å². The average molecular weight is 389 g/mol. The van der Waals surface area contributed by atoms with Crippen LogP contribution >= 0.6 is 11.8 Å². The Balaban J connectivity index is 0.00000194. The first-order valence-electron chi connectivity index (χ1n) is 9.17. The molecular weight excluding hydrogens is 352 g/mol. The summed E-state index contributed by atoms with van der Waals surface area (Å²) in [5, 5.41) is 10.2. The van der Waals surface area contributed by atoms with Crippen LogP contribution in [0.3, 0.4) is 0 Å². The second-order valence-corrected chi connectivity index (χ2v) is 8.97. The minimum absolute atomic E-state index is 0.128. The van der Waals surface area contributed by atoms with E-state index in [1.165, 1.54) is 16.7 Å². The molecule has 1 atom stereocenters. The largest absolute Gasteiger partial charge is 0.397 e. The molecule has 1 saturated heterocycles. The Labute approximate surface area is 162 Å². The molecule has 3 amide bonds. The summed E-state index contributed by atoms with van der Waals surface area (Å²) < 4.78 is 0. The highest BCUT2D eigenvalue weighted by molar-refractivity contribution is 8.00. The Hall–Kier alpha value is -1.08. The highest BCUT2D eigenvalue weighted by Gasteiger charge is 2.54. The predicted octanol–water partition coefficient (Wildman–Crippen LogP) is 2.44. The topological polar surface area (TPSA) is 86.7 Å². The van der Waals surface area contributed by atoms with Crippen molar-refractivity contribution in [3.63, 3.8) is 0 Å². The summed E-state index contributed by atoms with van der Waals surface area (Å²) in [4.78, 5) is 38.8. The summed E-state index contributed by atoms with van der Waals surface area (Å²) in [6.45, 7) is 13.9. The normalized spacial score (nSPS) is 18.1. The van der Waals surface area contributed by atoms with Gasteiger partial charge in [0.15, 0.2) is 0 Å². The number of aliphatic hydroxyl groups excluding tert-OH is 1. The number of nitrogens with zero attached hydrogens (tertiary/aromatic N) is 1. The minimum Gasteiger partial charge on any atom is -0.397 e. The number of hydrogen-bond donors (Lipinski definition) is 2. The lowest BCUT2D eigenvalue weighted by atomic mass is 9.72. The van der Waals surface area contributed by atoms with Crippen molar-refractivity contribution in [2.75, 3.05) is 19.4 Å². The summed E-state index contributed by atoms with van der Waals surface area (Å²) in [6, 6.07) is 0. The molecule has 0 aromatic rings. The first-order valence-corrected chi connectivity index (χ1v) is 10.5. The molecule has 152 valence electrons. The quantitative estimate of drug-likeness (QED) is 0.654. The third-order valence-electron chi connectivity index (χ3n) is 5.05. The second kappa shape index (κ2) is 10.3. The maximum atomic E-state index is 12.6. The van der Waals surface area contributed by atoms with Crippen LogP contribution in [-0.2, 0) is 14.4 Å². The number of aliphatic hydroxyl groups is 1. The molecule has 0 saturated carbocycles. The number of amides is 3. The standard InChI is InChI=1S/C17H30N2O3S.C2H6O/c1-11(2)8-9-18-15(22)16(3,4)17(5,6)19-13(20)10-12(23-7)14(19)21;1-2-3/h11-12H,8-10H2,1-7H3,(H,18,22);3H,2H2,1H3. The second-order valence-electron chi connectivity index (χ2n) is 7.93. The number of thioether (sulfide) groups is 1. The molecule has 0 aliphatic carbocycles. The van der Waals surface area contributed by atoms with Gasteiger partial charge >= 0.3 is 0 Å². The number of hydrogen-bond acceptors (Lipinski definition) is 5. The van der Waals surface area contributed by atoms with Crippen molar-refractivity contribution >= 4 is 29.5 Å². The van der Waals surface area contributed by atoms with Gasteiger partial charge in [-0.15, -0.1) is 0 Å². The lowest BCUT2D eigenvalue weighted by Gasteiger charge is -2.45. The summed E-state index contributed by atoms with van der Waals surface area (Å²) in [7, 11) is 0. The van der Waals surface area contributed by atoms with Crippen LogP contribution < -0.4 is 5.32 Å². The van der Waals surface area contributed by atoms with Crippen LogP contribution in [0.15, 0.2) is 0 Å². The van der Waals surface area contributed by atoms with Gasteiger partial charge in [0.25, 0.3) is 0 Å². The first-order chi connectivity index (χ1) is 11.9. The number of rotatable bonds is 7. The fourth-order valence-corrected chi connectivity index (χ4v) is 3.24. The van der Waals surface area contributed by atoms with Crippen LogP contribution in [0.5, 0.6) is 0 Å². The van der Waals surface area contributed by atoms with Crippen LogP contribution in [0.25, 0.3) is 0 Å². The van der Waals surface area contributed by atoms with E-state index in [2.05, 4.69) is 19.2 Å². The van der Waals surface area contributed by atoms with Crippen molar-refractivity contribution in [1.29, 1.82) is 0 Å². The van der Waals surface area contributed by atoms with Gasteiger partial charge in [0, 0.05) is 19.6 Å². The van der Waals surface area contributed by atoms with Crippen molar-refractivity contribution in [2.24, 2.45) is 11.3 Å². The zero-order valence-corrected chi connectivity index (χ0v) is 18.3. The molecule has 1 heterocycles. The molecule has 1 unspecified atom stereocenters. The Kier molecular flexibility index (Phi) is 9.88. The molecule has 1 fully saturated rings. The highest BCUT2D eigenvalue weighted by Crippen LogP contribution is 2.40. The smallest absolute Gasteiger partial charge is 0.243 e. The summed E-state index contributed by atoms with van der Waals surface area (Å²) in [5.74, 6) is 0.00445. The van der Waals surface area contributed by atoms with Gasteiger partial charge in [0.05, 0.1) is 16.2 Å².